The lowest BCUT2D eigenvalue weighted by Crippen LogP contribution is -2.33. The number of benzene rings is 2. The second kappa shape index (κ2) is 7.95. The highest BCUT2D eigenvalue weighted by atomic mass is 19.2. The second-order valence-corrected chi connectivity index (χ2v) is 6.03. The molecule has 28 heavy (non-hydrogen) atoms. The third-order valence-corrected chi connectivity index (χ3v) is 4.05. The normalized spacial score (nSPS) is 13.6. The number of nitrogens with zero attached hydrogens (tertiary/aromatic N) is 1. The van der Waals surface area contributed by atoms with Crippen LogP contribution in [0.1, 0.15) is 23.2 Å². The summed E-state index contributed by atoms with van der Waals surface area (Å²) in [5, 5.41) is 4.72. The Morgan fingerprint density at radius 2 is 1.57 bits per heavy atom. The molecule has 9 heteroatoms. The molecule has 7 nitrogen and oxygen atoms in total. The van der Waals surface area contributed by atoms with E-state index in [9.17, 15) is 28.0 Å². The maximum absolute atomic E-state index is 13.1. The van der Waals surface area contributed by atoms with Crippen molar-refractivity contribution >= 4 is 35.0 Å². The van der Waals surface area contributed by atoms with Gasteiger partial charge in [-0.1, -0.05) is 0 Å². The summed E-state index contributed by atoms with van der Waals surface area (Å²) in [6.45, 7) is -0.386. The van der Waals surface area contributed by atoms with Crippen LogP contribution in [0.3, 0.4) is 0 Å². The molecular formula is C19H15F2N3O4. The van der Waals surface area contributed by atoms with Gasteiger partial charge in [0.1, 0.15) is 0 Å². The first-order valence-corrected chi connectivity index (χ1v) is 8.34. The Morgan fingerprint density at radius 3 is 2.18 bits per heavy atom. The monoisotopic (exact) mass is 387 g/mol. The first kappa shape index (κ1) is 19.2. The quantitative estimate of drug-likeness (QED) is 0.767. The average molecular weight is 387 g/mol. The molecule has 0 bridgehead atoms. The van der Waals surface area contributed by atoms with Crippen LogP contribution < -0.4 is 15.5 Å². The fourth-order valence-electron chi connectivity index (χ4n) is 2.67. The Hall–Kier alpha value is -3.62. The molecule has 3 rings (SSSR count). The van der Waals surface area contributed by atoms with Gasteiger partial charge in [-0.3, -0.25) is 24.1 Å². The third kappa shape index (κ3) is 4.20. The molecule has 0 spiro atoms. The van der Waals surface area contributed by atoms with Crippen LogP contribution in [0.4, 0.5) is 20.2 Å². The lowest BCUT2D eigenvalue weighted by Gasteiger charge is -2.14. The van der Waals surface area contributed by atoms with Crippen LogP contribution in [-0.2, 0) is 14.4 Å². The molecule has 1 saturated heterocycles. The molecule has 1 fully saturated rings. The summed E-state index contributed by atoms with van der Waals surface area (Å²) in [7, 11) is 0. The Labute approximate surface area is 158 Å². The van der Waals surface area contributed by atoms with Gasteiger partial charge in [-0.25, -0.2) is 8.78 Å². The summed E-state index contributed by atoms with van der Waals surface area (Å²) in [5.41, 5.74) is 0.658. The van der Waals surface area contributed by atoms with Gasteiger partial charge in [0.05, 0.1) is 12.2 Å². The number of halogens is 2. The lowest BCUT2D eigenvalue weighted by molar-refractivity contribution is -0.121. The molecule has 1 aliphatic heterocycles. The number of nitrogens with one attached hydrogen (secondary N) is 2. The Kier molecular flexibility index (Phi) is 5.44. The zero-order valence-corrected chi connectivity index (χ0v) is 14.5. The first-order chi connectivity index (χ1) is 13.3. The molecular weight excluding hydrogens is 372 g/mol. The fourth-order valence-corrected chi connectivity index (χ4v) is 2.67. The molecule has 1 aliphatic rings. The van der Waals surface area contributed by atoms with Gasteiger partial charge < -0.3 is 10.6 Å². The van der Waals surface area contributed by atoms with Gasteiger partial charge >= 0.3 is 0 Å². The van der Waals surface area contributed by atoms with E-state index >= 15 is 0 Å². The number of rotatable bonds is 5. The van der Waals surface area contributed by atoms with Gasteiger partial charge in [0.25, 0.3) is 5.91 Å². The molecule has 144 valence electrons. The predicted octanol–water partition coefficient (Wildman–Crippen LogP) is 1.99. The SMILES string of the molecule is O=C(CNC(=O)c1ccc(N2C(=O)CCC2=O)cc1)Nc1ccc(F)c(F)c1. The van der Waals surface area contributed by atoms with Crippen molar-refractivity contribution in [2.45, 2.75) is 12.8 Å². The third-order valence-electron chi connectivity index (χ3n) is 4.05. The van der Waals surface area contributed by atoms with Crippen molar-refractivity contribution in [1.29, 1.82) is 0 Å². The minimum atomic E-state index is -1.10. The largest absolute Gasteiger partial charge is 0.343 e. The van der Waals surface area contributed by atoms with E-state index in [0.717, 1.165) is 17.0 Å². The van der Waals surface area contributed by atoms with Crippen molar-refractivity contribution in [1.82, 2.24) is 5.32 Å². The average Bonchev–Trinajstić information content (AvgIpc) is 3.01. The van der Waals surface area contributed by atoms with Gasteiger partial charge in [-0.2, -0.15) is 0 Å². The molecule has 2 N–H and O–H groups in total. The van der Waals surface area contributed by atoms with Crippen LogP contribution in [0.25, 0.3) is 0 Å². The summed E-state index contributed by atoms with van der Waals surface area (Å²) >= 11 is 0. The zero-order valence-electron chi connectivity index (χ0n) is 14.5. The Morgan fingerprint density at radius 1 is 0.929 bits per heavy atom. The molecule has 2 aromatic rings. The van der Waals surface area contributed by atoms with Gasteiger partial charge in [0.2, 0.25) is 17.7 Å². The minimum Gasteiger partial charge on any atom is -0.343 e. The Bertz CT molecular complexity index is 944. The Balaban J connectivity index is 1.55. The van der Waals surface area contributed by atoms with E-state index in [1.165, 1.54) is 30.3 Å². The highest BCUT2D eigenvalue weighted by Gasteiger charge is 2.30. The molecule has 2 aromatic carbocycles. The van der Waals surface area contributed by atoms with Crippen LogP contribution in [0.15, 0.2) is 42.5 Å². The van der Waals surface area contributed by atoms with Crippen molar-refractivity contribution in [2.75, 3.05) is 16.8 Å². The standard InChI is InChI=1S/C19H15F2N3O4/c20-14-6-3-12(9-15(14)21)23-16(25)10-22-19(28)11-1-4-13(5-2-11)24-17(26)7-8-18(24)27/h1-6,9H,7-8,10H2,(H,22,28)(H,23,25). The fraction of sp³-hybridized carbons (Fsp3) is 0.158. The first-order valence-electron chi connectivity index (χ1n) is 8.34. The molecule has 0 aromatic heterocycles. The molecule has 0 aliphatic carbocycles. The van der Waals surface area contributed by atoms with E-state index in [-0.39, 0.29) is 42.5 Å². The van der Waals surface area contributed by atoms with Gasteiger partial charge in [-0.15, -0.1) is 0 Å². The number of hydrogen-bond donors (Lipinski definition) is 2. The van der Waals surface area contributed by atoms with Gasteiger partial charge in [0, 0.05) is 30.2 Å². The molecule has 0 atom stereocenters. The van der Waals surface area contributed by atoms with Crippen molar-refractivity contribution in [3.05, 3.63) is 59.7 Å². The summed E-state index contributed by atoms with van der Waals surface area (Å²) in [6.07, 6.45) is 0.322. The van der Waals surface area contributed by atoms with Crippen LogP contribution >= 0.6 is 0 Å². The zero-order chi connectivity index (χ0) is 20.3. The molecule has 4 amide bonds. The van der Waals surface area contributed by atoms with E-state index in [1.807, 2.05) is 0 Å². The van der Waals surface area contributed by atoms with E-state index in [1.54, 1.807) is 0 Å². The van der Waals surface area contributed by atoms with Crippen molar-refractivity contribution in [2.24, 2.45) is 0 Å². The molecule has 0 unspecified atom stereocenters. The van der Waals surface area contributed by atoms with E-state index in [0.29, 0.717) is 5.69 Å². The second-order valence-electron chi connectivity index (χ2n) is 6.03. The van der Waals surface area contributed by atoms with E-state index < -0.39 is 23.4 Å². The number of hydrogen-bond acceptors (Lipinski definition) is 4. The predicted molar refractivity (Wildman–Crippen MR) is 95.5 cm³/mol. The van der Waals surface area contributed by atoms with E-state index in [2.05, 4.69) is 10.6 Å². The van der Waals surface area contributed by atoms with Crippen LogP contribution in [-0.4, -0.2) is 30.2 Å². The van der Waals surface area contributed by atoms with Crippen LogP contribution in [0.2, 0.25) is 0 Å². The molecule has 0 saturated carbocycles. The topological polar surface area (TPSA) is 95.6 Å². The molecule has 1 heterocycles. The summed E-state index contributed by atoms with van der Waals surface area (Å²) in [5.74, 6) is -3.90. The van der Waals surface area contributed by atoms with Crippen LogP contribution in [0, 0.1) is 11.6 Å². The van der Waals surface area contributed by atoms with Crippen molar-refractivity contribution in [3.63, 3.8) is 0 Å². The highest BCUT2D eigenvalue weighted by Crippen LogP contribution is 2.22. The van der Waals surface area contributed by atoms with Crippen molar-refractivity contribution in [3.8, 4) is 0 Å². The maximum atomic E-state index is 13.1. The summed E-state index contributed by atoms with van der Waals surface area (Å²) < 4.78 is 26.0. The number of anilines is 2. The lowest BCUT2D eigenvalue weighted by atomic mass is 10.2. The highest BCUT2D eigenvalue weighted by molar-refractivity contribution is 6.19. The van der Waals surface area contributed by atoms with E-state index in [4.69, 9.17) is 0 Å². The van der Waals surface area contributed by atoms with Crippen LogP contribution in [0.5, 0.6) is 0 Å². The maximum Gasteiger partial charge on any atom is 0.251 e. The molecule has 0 radical (unpaired) electrons. The number of imide groups is 1. The van der Waals surface area contributed by atoms with Gasteiger partial charge in [-0.05, 0) is 36.4 Å². The van der Waals surface area contributed by atoms with Gasteiger partial charge in [0.15, 0.2) is 11.6 Å². The number of amides is 4. The summed E-state index contributed by atoms with van der Waals surface area (Å²) in [4.78, 5) is 48.4. The van der Waals surface area contributed by atoms with Crippen molar-refractivity contribution < 1.29 is 28.0 Å². The number of carbonyl (C=O) groups is 4. The summed E-state index contributed by atoms with van der Waals surface area (Å²) in [6, 6.07) is 8.69. The smallest absolute Gasteiger partial charge is 0.251 e. The number of carbonyl (C=O) groups excluding carboxylic acids is 4. The minimum absolute atomic E-state index is 0.0578.